The van der Waals surface area contributed by atoms with Crippen LogP contribution in [0.15, 0.2) is 24.3 Å². The van der Waals surface area contributed by atoms with E-state index in [1.807, 2.05) is 0 Å². The number of aliphatic carboxylic acids is 1. The van der Waals surface area contributed by atoms with Crippen molar-refractivity contribution in [2.45, 2.75) is 44.2 Å². The van der Waals surface area contributed by atoms with Crippen LogP contribution in [0.1, 0.15) is 49.7 Å². The Bertz CT molecular complexity index is 628. The molecule has 2 aliphatic rings. The van der Waals surface area contributed by atoms with E-state index in [2.05, 4.69) is 38.1 Å². The molecule has 0 aromatic heterocycles. The first-order chi connectivity index (χ1) is 10.8. The molecule has 1 aliphatic heterocycles. The molecule has 1 heterocycles. The summed E-state index contributed by atoms with van der Waals surface area (Å²) in [6, 6.07) is 8.31. The maximum atomic E-state index is 14.1. The van der Waals surface area contributed by atoms with Gasteiger partial charge in [0.25, 0.3) is 0 Å². The second-order valence-electron chi connectivity index (χ2n) is 7.05. The van der Waals surface area contributed by atoms with Crippen molar-refractivity contribution in [3.8, 4) is 0 Å². The zero-order chi connectivity index (χ0) is 16.8. The third-order valence-corrected chi connectivity index (χ3v) is 5.05. The first kappa shape index (κ1) is 16.0. The molecule has 1 saturated heterocycles. The van der Waals surface area contributed by atoms with Crippen LogP contribution < -0.4 is 0 Å². The predicted molar refractivity (Wildman–Crippen MR) is 84.1 cm³/mol. The van der Waals surface area contributed by atoms with E-state index in [9.17, 15) is 14.0 Å². The minimum Gasteiger partial charge on any atom is -0.479 e. The summed E-state index contributed by atoms with van der Waals surface area (Å²) in [6.07, 6.45) is 0.650. The molecule has 1 N–H and O–H groups in total. The molecule has 1 saturated carbocycles. The van der Waals surface area contributed by atoms with Crippen molar-refractivity contribution in [2.24, 2.45) is 5.92 Å². The lowest BCUT2D eigenvalue weighted by molar-refractivity contribution is -0.150. The number of amides is 1. The van der Waals surface area contributed by atoms with E-state index in [1.54, 1.807) is 0 Å². The summed E-state index contributed by atoms with van der Waals surface area (Å²) in [7, 11) is 0. The molecule has 3 rings (SSSR count). The molecule has 0 radical (unpaired) electrons. The molecule has 23 heavy (non-hydrogen) atoms. The molecular weight excluding hydrogens is 297 g/mol. The van der Waals surface area contributed by atoms with Gasteiger partial charge in [-0.1, -0.05) is 38.1 Å². The predicted octanol–water partition coefficient (Wildman–Crippen LogP) is 2.94. The first-order valence-electron chi connectivity index (χ1n) is 8.13. The number of hydrogen-bond acceptors (Lipinski definition) is 2. The lowest BCUT2D eigenvalue weighted by atomic mass is 10.00. The van der Waals surface area contributed by atoms with Crippen LogP contribution in [-0.2, 0) is 9.59 Å². The van der Waals surface area contributed by atoms with Gasteiger partial charge in [0.1, 0.15) is 0 Å². The molecule has 124 valence electrons. The molecule has 2 fully saturated rings. The van der Waals surface area contributed by atoms with Crippen LogP contribution in [0.4, 0.5) is 4.39 Å². The largest absolute Gasteiger partial charge is 0.479 e. The van der Waals surface area contributed by atoms with Gasteiger partial charge in [-0.3, -0.25) is 4.79 Å². The third-order valence-electron chi connectivity index (χ3n) is 5.05. The monoisotopic (exact) mass is 319 g/mol. The van der Waals surface area contributed by atoms with Gasteiger partial charge in [0.05, 0.1) is 6.54 Å². The number of carbonyl (C=O) groups is 2. The number of likely N-dealkylation sites (tertiary alicyclic amines) is 1. The van der Waals surface area contributed by atoms with Crippen molar-refractivity contribution in [1.29, 1.82) is 0 Å². The Labute approximate surface area is 135 Å². The maximum absolute atomic E-state index is 14.1. The first-order valence-corrected chi connectivity index (χ1v) is 8.13. The lowest BCUT2D eigenvalue weighted by Gasteiger charge is -2.18. The van der Waals surface area contributed by atoms with Gasteiger partial charge in [0.15, 0.2) is 0 Å². The van der Waals surface area contributed by atoms with Crippen LogP contribution in [0.25, 0.3) is 0 Å². The number of rotatable bonds is 4. The molecule has 0 bridgehead atoms. The SMILES string of the molecule is CC(C)c1ccc(C2CC2C(=O)N2CCC(F)(C(=O)O)C2)cc1. The highest BCUT2D eigenvalue weighted by atomic mass is 19.1. The quantitative estimate of drug-likeness (QED) is 0.928. The number of carboxylic acids is 1. The van der Waals surface area contributed by atoms with E-state index in [0.717, 1.165) is 12.0 Å². The lowest BCUT2D eigenvalue weighted by Crippen LogP contribution is -2.39. The molecule has 1 aliphatic carbocycles. The molecule has 3 atom stereocenters. The fraction of sp³-hybridized carbons (Fsp3) is 0.556. The zero-order valence-electron chi connectivity index (χ0n) is 13.5. The zero-order valence-corrected chi connectivity index (χ0v) is 13.5. The Morgan fingerprint density at radius 3 is 2.48 bits per heavy atom. The molecular formula is C18H22FNO3. The smallest absolute Gasteiger partial charge is 0.343 e. The van der Waals surface area contributed by atoms with Crippen LogP contribution in [0, 0.1) is 5.92 Å². The van der Waals surface area contributed by atoms with Crippen LogP contribution in [0.2, 0.25) is 0 Å². The Kier molecular flexibility index (Phi) is 3.90. The van der Waals surface area contributed by atoms with Gasteiger partial charge in [-0.15, -0.1) is 0 Å². The summed E-state index contributed by atoms with van der Waals surface area (Å²) in [5, 5.41) is 8.91. The highest BCUT2D eigenvalue weighted by Crippen LogP contribution is 2.49. The Morgan fingerprint density at radius 2 is 1.96 bits per heavy atom. The number of nitrogens with zero attached hydrogens (tertiary/aromatic N) is 1. The van der Waals surface area contributed by atoms with Crippen molar-refractivity contribution in [2.75, 3.05) is 13.1 Å². The number of carbonyl (C=O) groups excluding carboxylic acids is 1. The minimum atomic E-state index is -2.28. The molecule has 1 amide bonds. The van der Waals surface area contributed by atoms with Crippen LogP contribution in [0.3, 0.4) is 0 Å². The molecule has 1 aromatic carbocycles. The summed E-state index contributed by atoms with van der Waals surface area (Å²) >= 11 is 0. The molecule has 1 aromatic rings. The molecule has 4 nitrogen and oxygen atoms in total. The molecule has 3 unspecified atom stereocenters. The van der Waals surface area contributed by atoms with Crippen molar-refractivity contribution in [1.82, 2.24) is 4.90 Å². The van der Waals surface area contributed by atoms with Crippen LogP contribution >= 0.6 is 0 Å². The number of benzene rings is 1. The van der Waals surface area contributed by atoms with Crippen LogP contribution in [0.5, 0.6) is 0 Å². The van der Waals surface area contributed by atoms with Gasteiger partial charge in [-0.2, -0.15) is 0 Å². The van der Waals surface area contributed by atoms with Gasteiger partial charge in [0.2, 0.25) is 11.6 Å². The molecule has 0 spiro atoms. The van der Waals surface area contributed by atoms with E-state index in [1.165, 1.54) is 10.5 Å². The maximum Gasteiger partial charge on any atom is 0.343 e. The van der Waals surface area contributed by atoms with E-state index < -0.39 is 11.6 Å². The number of hydrogen-bond donors (Lipinski definition) is 1. The summed E-state index contributed by atoms with van der Waals surface area (Å²) in [6.45, 7) is 4.14. The van der Waals surface area contributed by atoms with Crippen LogP contribution in [-0.4, -0.2) is 40.6 Å². The van der Waals surface area contributed by atoms with E-state index >= 15 is 0 Å². The standard InChI is InChI=1S/C18H22FNO3/c1-11(2)12-3-5-13(6-4-12)14-9-15(14)16(21)20-8-7-18(19,10-20)17(22)23/h3-6,11,14-15H,7-10H2,1-2H3,(H,22,23). The Balaban J connectivity index is 1.62. The van der Waals surface area contributed by atoms with Crippen molar-refractivity contribution in [3.05, 3.63) is 35.4 Å². The second kappa shape index (κ2) is 5.62. The average Bonchev–Trinajstić information content (AvgIpc) is 3.22. The highest BCUT2D eigenvalue weighted by Gasteiger charge is 2.52. The number of alkyl halides is 1. The van der Waals surface area contributed by atoms with E-state index in [-0.39, 0.29) is 37.3 Å². The molecule has 5 heteroatoms. The van der Waals surface area contributed by atoms with Gasteiger partial charge in [0, 0.05) is 18.9 Å². The highest BCUT2D eigenvalue weighted by molar-refractivity contribution is 5.86. The van der Waals surface area contributed by atoms with Crippen molar-refractivity contribution < 1.29 is 19.1 Å². The second-order valence-corrected chi connectivity index (χ2v) is 7.05. The Morgan fingerprint density at radius 1 is 1.30 bits per heavy atom. The van der Waals surface area contributed by atoms with Crippen molar-refractivity contribution in [3.63, 3.8) is 0 Å². The normalized spacial score (nSPS) is 29.8. The number of carboxylic acid groups (broad SMARTS) is 1. The number of halogens is 1. The van der Waals surface area contributed by atoms with Gasteiger partial charge in [-0.05, 0) is 29.4 Å². The van der Waals surface area contributed by atoms with E-state index in [4.69, 9.17) is 5.11 Å². The topological polar surface area (TPSA) is 57.6 Å². The Hall–Kier alpha value is -1.91. The summed E-state index contributed by atoms with van der Waals surface area (Å²) in [5.74, 6) is -1.05. The summed E-state index contributed by atoms with van der Waals surface area (Å²) in [4.78, 5) is 24.8. The van der Waals surface area contributed by atoms with Gasteiger partial charge in [-0.25, -0.2) is 9.18 Å². The fourth-order valence-corrected chi connectivity index (χ4v) is 3.33. The fourth-order valence-electron chi connectivity index (χ4n) is 3.33. The summed E-state index contributed by atoms with van der Waals surface area (Å²) < 4.78 is 14.1. The average molecular weight is 319 g/mol. The minimum absolute atomic E-state index is 0.108. The van der Waals surface area contributed by atoms with Crippen molar-refractivity contribution >= 4 is 11.9 Å². The van der Waals surface area contributed by atoms with E-state index in [0.29, 0.717) is 5.92 Å². The van der Waals surface area contributed by atoms with Gasteiger partial charge >= 0.3 is 5.97 Å². The summed E-state index contributed by atoms with van der Waals surface area (Å²) in [5.41, 5.74) is 0.121. The third kappa shape index (κ3) is 2.96. The van der Waals surface area contributed by atoms with Gasteiger partial charge < -0.3 is 10.0 Å².